The van der Waals surface area contributed by atoms with E-state index in [-0.39, 0.29) is 5.41 Å². The van der Waals surface area contributed by atoms with Gasteiger partial charge in [0.05, 0.1) is 6.61 Å². The van der Waals surface area contributed by atoms with Gasteiger partial charge in [-0.3, -0.25) is 9.59 Å². The van der Waals surface area contributed by atoms with Crippen molar-refractivity contribution in [2.75, 3.05) is 6.61 Å². The fraction of sp³-hybridized carbons (Fsp3) is 0.846. The number of rotatable bonds is 4. The van der Waals surface area contributed by atoms with Gasteiger partial charge in [0.1, 0.15) is 6.10 Å². The third-order valence-electron chi connectivity index (χ3n) is 3.61. The van der Waals surface area contributed by atoms with Crippen molar-refractivity contribution in [3.8, 4) is 0 Å². The van der Waals surface area contributed by atoms with E-state index in [1.54, 1.807) is 13.8 Å². The van der Waals surface area contributed by atoms with Crippen LogP contribution >= 0.6 is 0 Å². The highest BCUT2D eigenvalue weighted by molar-refractivity contribution is 6.27. The minimum absolute atomic E-state index is 0.366. The van der Waals surface area contributed by atoms with Crippen molar-refractivity contribution in [2.24, 2.45) is 11.3 Å². The summed E-state index contributed by atoms with van der Waals surface area (Å²) in [5, 5.41) is 0. The Kier molecular flexibility index (Phi) is 3.12. The molecule has 1 saturated carbocycles. The molecule has 0 aromatic heterocycles. The molecule has 96 valence electrons. The molecule has 0 bridgehead atoms. The summed E-state index contributed by atoms with van der Waals surface area (Å²) in [4.78, 5) is 22.5. The van der Waals surface area contributed by atoms with E-state index in [2.05, 4.69) is 0 Å². The van der Waals surface area contributed by atoms with Crippen molar-refractivity contribution in [1.29, 1.82) is 0 Å². The van der Waals surface area contributed by atoms with Gasteiger partial charge in [-0.2, -0.15) is 0 Å². The second-order valence-electron chi connectivity index (χ2n) is 6.01. The van der Waals surface area contributed by atoms with Crippen LogP contribution in [0.15, 0.2) is 0 Å². The first-order valence-electron chi connectivity index (χ1n) is 6.17. The third-order valence-corrected chi connectivity index (χ3v) is 3.61. The summed E-state index contributed by atoms with van der Waals surface area (Å²) in [5.41, 5.74) is -0.366. The lowest BCUT2D eigenvalue weighted by Gasteiger charge is -2.46. The zero-order valence-corrected chi connectivity index (χ0v) is 10.7. The monoisotopic (exact) mass is 240 g/mol. The van der Waals surface area contributed by atoms with E-state index in [0.29, 0.717) is 18.8 Å². The Balaban J connectivity index is 2.16. The van der Waals surface area contributed by atoms with Crippen molar-refractivity contribution in [2.45, 2.75) is 51.9 Å². The van der Waals surface area contributed by atoms with Crippen LogP contribution in [0.25, 0.3) is 0 Å². The van der Waals surface area contributed by atoms with E-state index in [1.807, 2.05) is 6.92 Å². The van der Waals surface area contributed by atoms with Gasteiger partial charge in [0.15, 0.2) is 12.1 Å². The van der Waals surface area contributed by atoms with Gasteiger partial charge in [0.25, 0.3) is 0 Å². The number of hydrogen-bond acceptors (Lipinski definition) is 4. The zero-order chi connectivity index (χ0) is 12.7. The van der Waals surface area contributed by atoms with Crippen molar-refractivity contribution in [1.82, 2.24) is 0 Å². The molecular weight excluding hydrogens is 220 g/mol. The SMILES string of the molecule is CC1(C)OCC(C)(CC2CC2)C(C(=O)C=O)O1. The molecule has 1 heterocycles. The quantitative estimate of drug-likeness (QED) is 0.554. The van der Waals surface area contributed by atoms with E-state index >= 15 is 0 Å². The molecule has 1 aliphatic carbocycles. The Hall–Kier alpha value is -0.740. The van der Waals surface area contributed by atoms with E-state index in [9.17, 15) is 9.59 Å². The molecule has 0 spiro atoms. The highest BCUT2D eigenvalue weighted by atomic mass is 16.7. The summed E-state index contributed by atoms with van der Waals surface area (Å²) in [5.74, 6) is -0.591. The van der Waals surface area contributed by atoms with Crippen LogP contribution in [-0.2, 0) is 19.1 Å². The van der Waals surface area contributed by atoms with Gasteiger partial charge in [-0.25, -0.2) is 0 Å². The molecular formula is C13H20O4. The Bertz CT molecular complexity index is 332. The lowest BCUT2D eigenvalue weighted by atomic mass is 9.77. The first-order valence-corrected chi connectivity index (χ1v) is 6.17. The summed E-state index contributed by atoms with van der Waals surface area (Å²) in [6, 6.07) is 0. The number of carbonyl (C=O) groups excluding carboxylic acids is 2. The maximum atomic E-state index is 11.7. The highest BCUT2D eigenvalue weighted by Gasteiger charge is 2.50. The van der Waals surface area contributed by atoms with Gasteiger partial charge in [0.2, 0.25) is 5.78 Å². The lowest BCUT2D eigenvalue weighted by Crippen LogP contribution is -2.55. The van der Waals surface area contributed by atoms with Crippen LogP contribution in [0.3, 0.4) is 0 Å². The summed E-state index contributed by atoms with van der Waals surface area (Å²) >= 11 is 0. The minimum atomic E-state index is -0.785. The molecule has 4 heteroatoms. The van der Waals surface area contributed by atoms with Gasteiger partial charge in [-0.1, -0.05) is 19.8 Å². The molecule has 2 unspecified atom stereocenters. The van der Waals surface area contributed by atoms with Crippen LogP contribution in [0.1, 0.15) is 40.0 Å². The largest absolute Gasteiger partial charge is 0.350 e. The number of hydrogen-bond donors (Lipinski definition) is 0. The van der Waals surface area contributed by atoms with Gasteiger partial charge >= 0.3 is 0 Å². The van der Waals surface area contributed by atoms with Crippen LogP contribution in [0.4, 0.5) is 0 Å². The second kappa shape index (κ2) is 4.18. The van der Waals surface area contributed by atoms with Crippen molar-refractivity contribution >= 4 is 12.1 Å². The molecule has 2 fully saturated rings. The van der Waals surface area contributed by atoms with Gasteiger partial charge < -0.3 is 9.47 Å². The molecule has 0 aromatic carbocycles. The van der Waals surface area contributed by atoms with E-state index < -0.39 is 17.7 Å². The number of carbonyl (C=O) groups is 2. The zero-order valence-electron chi connectivity index (χ0n) is 10.7. The van der Waals surface area contributed by atoms with Crippen LogP contribution in [0.2, 0.25) is 0 Å². The molecule has 4 nitrogen and oxygen atoms in total. The number of Topliss-reactive ketones (excluding diaryl/α,β-unsaturated/α-hetero) is 1. The Morgan fingerprint density at radius 2 is 2.00 bits per heavy atom. The third kappa shape index (κ3) is 2.75. The summed E-state index contributed by atoms with van der Waals surface area (Å²) in [6.45, 7) is 6.00. The first-order chi connectivity index (χ1) is 7.86. The molecule has 0 radical (unpaired) electrons. The van der Waals surface area contributed by atoms with Gasteiger partial charge in [0, 0.05) is 5.41 Å². The van der Waals surface area contributed by atoms with Crippen molar-refractivity contribution in [3.63, 3.8) is 0 Å². The minimum Gasteiger partial charge on any atom is -0.350 e. The summed E-state index contributed by atoms with van der Waals surface area (Å²) < 4.78 is 11.3. The first kappa shape index (κ1) is 12.7. The Labute approximate surface area is 102 Å². The number of ether oxygens (including phenoxy) is 2. The van der Waals surface area contributed by atoms with E-state index in [1.165, 1.54) is 12.8 Å². The average Bonchev–Trinajstić information content (AvgIpc) is 3.05. The predicted molar refractivity (Wildman–Crippen MR) is 61.4 cm³/mol. The molecule has 1 saturated heterocycles. The summed E-state index contributed by atoms with van der Waals surface area (Å²) in [7, 11) is 0. The molecule has 0 N–H and O–H groups in total. The van der Waals surface area contributed by atoms with Gasteiger partial charge in [-0.05, 0) is 26.2 Å². The van der Waals surface area contributed by atoms with Crippen LogP contribution in [-0.4, -0.2) is 30.6 Å². The topological polar surface area (TPSA) is 52.6 Å². The Morgan fingerprint density at radius 1 is 1.35 bits per heavy atom. The van der Waals surface area contributed by atoms with E-state index in [0.717, 1.165) is 6.42 Å². The van der Waals surface area contributed by atoms with E-state index in [4.69, 9.17) is 9.47 Å². The molecule has 17 heavy (non-hydrogen) atoms. The van der Waals surface area contributed by atoms with Crippen molar-refractivity contribution in [3.05, 3.63) is 0 Å². The summed E-state index contributed by atoms with van der Waals surface area (Å²) in [6.07, 6.45) is 3.02. The second-order valence-corrected chi connectivity index (χ2v) is 6.01. The fourth-order valence-electron chi connectivity index (χ4n) is 2.49. The molecule has 2 atom stereocenters. The van der Waals surface area contributed by atoms with Crippen LogP contribution in [0.5, 0.6) is 0 Å². The predicted octanol–water partition coefficient (Wildman–Crippen LogP) is 1.71. The van der Waals surface area contributed by atoms with Crippen LogP contribution in [0, 0.1) is 11.3 Å². The molecule has 0 amide bonds. The molecule has 2 rings (SSSR count). The van der Waals surface area contributed by atoms with Crippen molar-refractivity contribution < 1.29 is 19.1 Å². The molecule has 2 aliphatic rings. The highest BCUT2D eigenvalue weighted by Crippen LogP contribution is 2.46. The lowest BCUT2D eigenvalue weighted by molar-refractivity contribution is -0.307. The number of ketones is 1. The fourth-order valence-corrected chi connectivity index (χ4v) is 2.49. The standard InChI is InChI=1S/C13H20O4/c1-12(2)16-8-13(3,6-9-4-5-9)11(17-12)10(15)7-14/h7,9,11H,4-6,8H2,1-3H3. The maximum Gasteiger partial charge on any atom is 0.224 e. The maximum absolute atomic E-state index is 11.7. The molecule has 1 aliphatic heterocycles. The van der Waals surface area contributed by atoms with Gasteiger partial charge in [-0.15, -0.1) is 0 Å². The smallest absolute Gasteiger partial charge is 0.224 e. The molecule has 0 aromatic rings. The average molecular weight is 240 g/mol. The number of aldehydes is 1. The normalized spacial score (nSPS) is 36.5. The van der Waals surface area contributed by atoms with Crippen LogP contribution < -0.4 is 0 Å². The Morgan fingerprint density at radius 3 is 2.53 bits per heavy atom.